The topological polar surface area (TPSA) is 81.4 Å². The zero-order valence-electron chi connectivity index (χ0n) is 13.1. The number of nitrogens with zero attached hydrogens (tertiary/aromatic N) is 4. The normalized spacial score (nSPS) is 21.4. The Morgan fingerprint density at radius 1 is 1.43 bits per heavy atom. The van der Waals surface area contributed by atoms with Crippen molar-refractivity contribution in [3.8, 4) is 0 Å². The van der Waals surface area contributed by atoms with Gasteiger partial charge in [0.2, 0.25) is 5.60 Å². The summed E-state index contributed by atoms with van der Waals surface area (Å²) in [6, 6.07) is 9.75. The molecule has 3 rings (SSSR count). The highest BCUT2D eigenvalue weighted by Gasteiger charge is 2.42. The molecule has 0 radical (unpaired) electrons. The maximum absolute atomic E-state index is 12.5. The summed E-state index contributed by atoms with van der Waals surface area (Å²) in [5.74, 6) is -0.181. The predicted octanol–water partition coefficient (Wildman–Crippen LogP) is 1.54. The molecule has 1 amide bonds. The minimum absolute atomic E-state index is 0.0148. The van der Waals surface area contributed by atoms with Gasteiger partial charge in [-0.05, 0) is 19.4 Å². The van der Waals surface area contributed by atoms with Crippen LogP contribution < -0.4 is 5.32 Å². The third-order valence-corrected chi connectivity index (χ3v) is 3.90. The molecule has 0 spiro atoms. The van der Waals surface area contributed by atoms with Gasteiger partial charge < -0.3 is 10.2 Å². The highest BCUT2D eigenvalue weighted by atomic mass is 16.7. The molecule has 0 fully saturated rings. The van der Waals surface area contributed by atoms with E-state index in [-0.39, 0.29) is 11.9 Å². The van der Waals surface area contributed by atoms with Gasteiger partial charge in [0.25, 0.3) is 5.91 Å². The molecule has 120 valence electrons. The predicted molar refractivity (Wildman–Crippen MR) is 84.8 cm³/mol. The fourth-order valence-corrected chi connectivity index (χ4v) is 2.41. The van der Waals surface area contributed by atoms with Crippen molar-refractivity contribution in [2.45, 2.75) is 31.9 Å². The SMILES string of the molecule is C[C@@H](CNC(=O)[C@@]1(C)CC(c2ccccc2)=NO1)n1cncn1. The minimum atomic E-state index is -0.979. The molecule has 1 aliphatic heterocycles. The molecule has 7 heteroatoms. The Labute approximate surface area is 134 Å². The van der Waals surface area contributed by atoms with Gasteiger partial charge in [0, 0.05) is 13.0 Å². The van der Waals surface area contributed by atoms with E-state index >= 15 is 0 Å². The van der Waals surface area contributed by atoms with Gasteiger partial charge in [-0.25, -0.2) is 9.67 Å². The minimum Gasteiger partial charge on any atom is -0.379 e. The summed E-state index contributed by atoms with van der Waals surface area (Å²) in [7, 11) is 0. The number of rotatable bonds is 5. The van der Waals surface area contributed by atoms with Crippen LogP contribution in [-0.2, 0) is 9.63 Å². The van der Waals surface area contributed by atoms with Crippen molar-refractivity contribution in [3.63, 3.8) is 0 Å². The van der Waals surface area contributed by atoms with Gasteiger partial charge in [0.05, 0.1) is 11.8 Å². The quantitative estimate of drug-likeness (QED) is 0.908. The maximum Gasteiger partial charge on any atom is 0.267 e. The monoisotopic (exact) mass is 313 g/mol. The highest BCUT2D eigenvalue weighted by molar-refractivity contribution is 6.05. The highest BCUT2D eigenvalue weighted by Crippen LogP contribution is 2.26. The average Bonchev–Trinajstić information content (AvgIpc) is 3.23. The molecule has 2 atom stereocenters. The molecule has 0 saturated carbocycles. The number of amides is 1. The third kappa shape index (κ3) is 3.23. The fraction of sp³-hybridized carbons (Fsp3) is 0.375. The van der Waals surface area contributed by atoms with Gasteiger partial charge in [0.1, 0.15) is 12.7 Å². The van der Waals surface area contributed by atoms with E-state index in [1.165, 1.54) is 6.33 Å². The molecular weight excluding hydrogens is 294 g/mol. The van der Waals surface area contributed by atoms with Crippen molar-refractivity contribution < 1.29 is 9.63 Å². The first-order chi connectivity index (χ1) is 11.1. The van der Waals surface area contributed by atoms with Crippen LogP contribution >= 0.6 is 0 Å². The Bertz CT molecular complexity index is 699. The molecular formula is C16H19N5O2. The Kier molecular flexibility index (Phi) is 4.10. The van der Waals surface area contributed by atoms with Gasteiger partial charge in [-0.2, -0.15) is 5.10 Å². The van der Waals surface area contributed by atoms with E-state index in [0.29, 0.717) is 13.0 Å². The second-order valence-electron chi connectivity index (χ2n) is 5.84. The number of benzene rings is 1. The lowest BCUT2D eigenvalue weighted by Crippen LogP contribution is -2.46. The van der Waals surface area contributed by atoms with Crippen molar-refractivity contribution >= 4 is 11.6 Å². The number of carbonyl (C=O) groups is 1. The van der Waals surface area contributed by atoms with Gasteiger partial charge in [-0.3, -0.25) is 4.79 Å². The average molecular weight is 313 g/mol. The van der Waals surface area contributed by atoms with E-state index in [1.54, 1.807) is 17.9 Å². The summed E-state index contributed by atoms with van der Waals surface area (Å²) in [5, 5.41) is 11.0. The summed E-state index contributed by atoms with van der Waals surface area (Å²) in [6.45, 7) is 4.16. The standard InChI is InChI=1S/C16H19N5O2/c1-12(21-11-17-10-19-21)9-18-15(22)16(2)8-14(20-23-16)13-6-4-3-5-7-13/h3-7,10-12H,8-9H2,1-2H3,(H,18,22)/t12-,16+/m0/s1. The van der Waals surface area contributed by atoms with Gasteiger partial charge in [-0.15, -0.1) is 0 Å². The zero-order chi connectivity index (χ0) is 16.3. The molecule has 1 aromatic heterocycles. The Hall–Kier alpha value is -2.70. The van der Waals surface area contributed by atoms with Crippen molar-refractivity contribution in [1.29, 1.82) is 0 Å². The van der Waals surface area contributed by atoms with Crippen LogP contribution in [0.5, 0.6) is 0 Å². The lowest BCUT2D eigenvalue weighted by Gasteiger charge is -2.21. The van der Waals surface area contributed by atoms with Crippen molar-refractivity contribution in [1.82, 2.24) is 20.1 Å². The molecule has 0 bridgehead atoms. The summed E-state index contributed by atoms with van der Waals surface area (Å²) in [4.78, 5) is 21.8. The van der Waals surface area contributed by atoms with Gasteiger partial charge >= 0.3 is 0 Å². The first-order valence-corrected chi connectivity index (χ1v) is 7.51. The molecule has 1 N–H and O–H groups in total. The van der Waals surface area contributed by atoms with E-state index < -0.39 is 5.60 Å². The molecule has 1 aliphatic rings. The second-order valence-corrected chi connectivity index (χ2v) is 5.84. The van der Waals surface area contributed by atoms with Crippen molar-refractivity contribution in [2.75, 3.05) is 6.54 Å². The Balaban J connectivity index is 1.58. The van der Waals surface area contributed by atoms with E-state index in [1.807, 2.05) is 37.3 Å². The van der Waals surface area contributed by atoms with Gasteiger partial charge in [-0.1, -0.05) is 35.5 Å². The van der Waals surface area contributed by atoms with Crippen LogP contribution in [0.4, 0.5) is 0 Å². The number of oxime groups is 1. The number of carbonyl (C=O) groups excluding carboxylic acids is 1. The molecule has 1 aromatic carbocycles. The lowest BCUT2D eigenvalue weighted by molar-refractivity contribution is -0.141. The first-order valence-electron chi connectivity index (χ1n) is 7.51. The lowest BCUT2D eigenvalue weighted by atomic mass is 9.95. The summed E-state index contributed by atoms with van der Waals surface area (Å²) < 4.78 is 1.70. The van der Waals surface area contributed by atoms with E-state index in [2.05, 4.69) is 20.6 Å². The molecule has 2 heterocycles. The summed E-state index contributed by atoms with van der Waals surface area (Å²) >= 11 is 0. The van der Waals surface area contributed by atoms with E-state index in [4.69, 9.17) is 4.84 Å². The van der Waals surface area contributed by atoms with Crippen LogP contribution in [0.25, 0.3) is 0 Å². The maximum atomic E-state index is 12.5. The van der Waals surface area contributed by atoms with Crippen molar-refractivity contribution in [3.05, 3.63) is 48.5 Å². The molecule has 0 aliphatic carbocycles. The number of aromatic nitrogens is 3. The fourth-order valence-electron chi connectivity index (χ4n) is 2.41. The molecule has 0 unspecified atom stereocenters. The Morgan fingerprint density at radius 2 is 2.22 bits per heavy atom. The molecule has 2 aromatic rings. The van der Waals surface area contributed by atoms with Crippen LogP contribution in [0.15, 0.2) is 48.1 Å². The van der Waals surface area contributed by atoms with Gasteiger partial charge in [0.15, 0.2) is 0 Å². The summed E-state index contributed by atoms with van der Waals surface area (Å²) in [6.07, 6.45) is 3.54. The number of hydrogen-bond acceptors (Lipinski definition) is 5. The van der Waals surface area contributed by atoms with Crippen LogP contribution in [0.2, 0.25) is 0 Å². The number of nitrogens with one attached hydrogen (secondary N) is 1. The first kappa shape index (κ1) is 15.2. The largest absolute Gasteiger partial charge is 0.379 e. The van der Waals surface area contributed by atoms with Crippen LogP contribution in [0.3, 0.4) is 0 Å². The van der Waals surface area contributed by atoms with Crippen LogP contribution in [0, 0.1) is 0 Å². The van der Waals surface area contributed by atoms with Crippen LogP contribution in [-0.4, -0.2) is 38.5 Å². The molecule has 7 nitrogen and oxygen atoms in total. The van der Waals surface area contributed by atoms with Crippen molar-refractivity contribution in [2.24, 2.45) is 5.16 Å². The molecule has 0 saturated heterocycles. The second kappa shape index (κ2) is 6.20. The molecule has 23 heavy (non-hydrogen) atoms. The summed E-state index contributed by atoms with van der Waals surface area (Å²) in [5.41, 5.74) is 0.778. The van der Waals surface area contributed by atoms with E-state index in [0.717, 1.165) is 11.3 Å². The number of hydrogen-bond donors (Lipinski definition) is 1. The van der Waals surface area contributed by atoms with E-state index in [9.17, 15) is 4.79 Å². The zero-order valence-corrected chi connectivity index (χ0v) is 13.1. The Morgan fingerprint density at radius 3 is 2.91 bits per heavy atom. The van der Waals surface area contributed by atoms with Crippen LogP contribution in [0.1, 0.15) is 31.9 Å². The smallest absolute Gasteiger partial charge is 0.267 e. The third-order valence-electron chi connectivity index (χ3n) is 3.90.